The highest BCUT2D eigenvalue weighted by atomic mass is 19.1. The van der Waals surface area contributed by atoms with Crippen LogP contribution in [0.1, 0.15) is 37.2 Å². The highest BCUT2D eigenvalue weighted by Gasteiger charge is 2.36. The van der Waals surface area contributed by atoms with Gasteiger partial charge in [-0.25, -0.2) is 4.39 Å². The van der Waals surface area contributed by atoms with Crippen LogP contribution in [-0.2, 0) is 0 Å². The summed E-state index contributed by atoms with van der Waals surface area (Å²) in [6.45, 7) is 3.64. The largest absolute Gasteiger partial charge is 0.327 e. The lowest BCUT2D eigenvalue weighted by molar-refractivity contribution is 0.264. The highest BCUT2D eigenvalue weighted by Crippen LogP contribution is 2.39. The lowest BCUT2D eigenvalue weighted by atomic mass is 9.86. The molecule has 1 aromatic rings. The Labute approximate surface area is 114 Å². The maximum Gasteiger partial charge on any atom is 0.123 e. The van der Waals surface area contributed by atoms with Crippen molar-refractivity contribution in [2.24, 2.45) is 11.7 Å². The average Bonchev–Trinajstić information content (AvgIpc) is 3.02. The van der Waals surface area contributed by atoms with Gasteiger partial charge in [-0.2, -0.15) is 0 Å². The molecule has 1 heterocycles. The van der Waals surface area contributed by atoms with Crippen LogP contribution in [0.15, 0.2) is 24.3 Å². The average molecular weight is 262 g/mol. The number of hydrogen-bond donors (Lipinski definition) is 1. The molecule has 3 atom stereocenters. The van der Waals surface area contributed by atoms with Crippen LogP contribution in [0.2, 0.25) is 0 Å². The molecule has 0 spiro atoms. The van der Waals surface area contributed by atoms with Crippen molar-refractivity contribution >= 4 is 0 Å². The Morgan fingerprint density at radius 3 is 2.47 bits per heavy atom. The van der Waals surface area contributed by atoms with E-state index in [1.54, 1.807) is 12.1 Å². The summed E-state index contributed by atoms with van der Waals surface area (Å²) in [5.74, 6) is 0.881. The van der Waals surface area contributed by atoms with E-state index in [0.717, 1.165) is 13.0 Å². The van der Waals surface area contributed by atoms with Gasteiger partial charge in [-0.3, -0.25) is 0 Å². The normalized spacial score (nSPS) is 32.0. The minimum absolute atomic E-state index is 0.161. The van der Waals surface area contributed by atoms with Crippen molar-refractivity contribution < 1.29 is 4.39 Å². The lowest BCUT2D eigenvalue weighted by Gasteiger charge is -2.27. The van der Waals surface area contributed by atoms with E-state index in [1.165, 1.54) is 37.9 Å². The molecule has 1 saturated carbocycles. The zero-order valence-electron chi connectivity index (χ0n) is 11.4. The molecule has 3 unspecified atom stereocenters. The van der Waals surface area contributed by atoms with E-state index >= 15 is 0 Å². The van der Waals surface area contributed by atoms with Crippen LogP contribution in [0.3, 0.4) is 0 Å². The Balaban J connectivity index is 1.74. The third-order valence-corrected chi connectivity index (χ3v) is 4.79. The van der Waals surface area contributed by atoms with E-state index in [-0.39, 0.29) is 11.9 Å². The number of nitrogens with zero attached hydrogens (tertiary/aromatic N) is 1. The molecule has 0 bridgehead atoms. The van der Waals surface area contributed by atoms with Crippen LogP contribution >= 0.6 is 0 Å². The van der Waals surface area contributed by atoms with E-state index in [1.807, 2.05) is 12.1 Å². The van der Waals surface area contributed by atoms with E-state index in [0.29, 0.717) is 11.8 Å². The second-order valence-corrected chi connectivity index (χ2v) is 6.09. The zero-order valence-corrected chi connectivity index (χ0v) is 11.4. The second kappa shape index (κ2) is 5.59. The molecule has 1 aliphatic carbocycles. The summed E-state index contributed by atoms with van der Waals surface area (Å²) in [6.07, 6.45) is 4.97. The van der Waals surface area contributed by atoms with Crippen molar-refractivity contribution in [1.29, 1.82) is 0 Å². The van der Waals surface area contributed by atoms with E-state index < -0.39 is 0 Å². The number of rotatable bonds is 3. The Kier molecular flexibility index (Phi) is 3.85. The van der Waals surface area contributed by atoms with Crippen LogP contribution in [0.4, 0.5) is 4.39 Å². The monoisotopic (exact) mass is 262 g/mol. The molecule has 2 fully saturated rings. The SMILES string of the molecule is NC1CCC(CN2CCCC2)C1c1ccc(F)cc1. The Morgan fingerprint density at radius 1 is 1.11 bits per heavy atom. The van der Waals surface area contributed by atoms with Gasteiger partial charge in [-0.1, -0.05) is 12.1 Å². The lowest BCUT2D eigenvalue weighted by Crippen LogP contribution is -2.32. The topological polar surface area (TPSA) is 29.3 Å². The summed E-state index contributed by atoms with van der Waals surface area (Å²) in [5, 5.41) is 0. The van der Waals surface area contributed by atoms with Crippen molar-refractivity contribution in [2.75, 3.05) is 19.6 Å². The van der Waals surface area contributed by atoms with Gasteiger partial charge >= 0.3 is 0 Å². The third kappa shape index (κ3) is 2.82. The van der Waals surface area contributed by atoms with Gasteiger partial charge in [0, 0.05) is 18.5 Å². The smallest absolute Gasteiger partial charge is 0.123 e. The maximum absolute atomic E-state index is 13.1. The Morgan fingerprint density at radius 2 is 1.79 bits per heavy atom. The molecular weight excluding hydrogens is 239 g/mol. The van der Waals surface area contributed by atoms with Crippen LogP contribution < -0.4 is 5.73 Å². The fraction of sp³-hybridized carbons (Fsp3) is 0.625. The van der Waals surface area contributed by atoms with Crippen LogP contribution in [0.25, 0.3) is 0 Å². The van der Waals surface area contributed by atoms with E-state index in [4.69, 9.17) is 5.73 Å². The second-order valence-electron chi connectivity index (χ2n) is 6.09. The van der Waals surface area contributed by atoms with Crippen molar-refractivity contribution in [2.45, 2.75) is 37.6 Å². The zero-order chi connectivity index (χ0) is 13.2. The van der Waals surface area contributed by atoms with E-state index in [9.17, 15) is 4.39 Å². The highest BCUT2D eigenvalue weighted by molar-refractivity contribution is 5.24. The van der Waals surface area contributed by atoms with Gasteiger partial charge in [0.15, 0.2) is 0 Å². The van der Waals surface area contributed by atoms with Crippen molar-refractivity contribution in [3.8, 4) is 0 Å². The molecule has 2 nitrogen and oxygen atoms in total. The third-order valence-electron chi connectivity index (χ3n) is 4.79. The molecule has 1 aromatic carbocycles. The van der Waals surface area contributed by atoms with Gasteiger partial charge in [0.25, 0.3) is 0 Å². The van der Waals surface area contributed by atoms with Gasteiger partial charge in [0.2, 0.25) is 0 Å². The number of likely N-dealkylation sites (tertiary alicyclic amines) is 1. The predicted octanol–water partition coefficient (Wildman–Crippen LogP) is 2.74. The van der Waals surface area contributed by atoms with Gasteiger partial charge in [-0.05, 0) is 62.4 Å². The van der Waals surface area contributed by atoms with Gasteiger partial charge < -0.3 is 10.6 Å². The predicted molar refractivity (Wildman–Crippen MR) is 75.5 cm³/mol. The molecule has 19 heavy (non-hydrogen) atoms. The quantitative estimate of drug-likeness (QED) is 0.907. The molecule has 0 aromatic heterocycles. The number of halogens is 1. The fourth-order valence-electron chi connectivity index (χ4n) is 3.82. The summed E-state index contributed by atoms with van der Waals surface area (Å²) < 4.78 is 13.1. The van der Waals surface area contributed by atoms with Crippen molar-refractivity contribution in [3.63, 3.8) is 0 Å². The van der Waals surface area contributed by atoms with Gasteiger partial charge in [0.05, 0.1) is 0 Å². The summed E-state index contributed by atoms with van der Waals surface area (Å²) in [7, 11) is 0. The Hall–Kier alpha value is -0.930. The van der Waals surface area contributed by atoms with Crippen molar-refractivity contribution in [1.82, 2.24) is 4.90 Å². The Bertz CT molecular complexity index is 411. The van der Waals surface area contributed by atoms with Crippen LogP contribution in [0, 0.1) is 11.7 Å². The summed E-state index contributed by atoms with van der Waals surface area (Å²) in [5.41, 5.74) is 7.52. The molecule has 3 heteroatoms. The molecule has 2 N–H and O–H groups in total. The minimum atomic E-state index is -0.161. The molecular formula is C16H23FN2. The van der Waals surface area contributed by atoms with Gasteiger partial charge in [-0.15, -0.1) is 0 Å². The first-order chi connectivity index (χ1) is 9.24. The minimum Gasteiger partial charge on any atom is -0.327 e. The van der Waals surface area contributed by atoms with Crippen LogP contribution in [-0.4, -0.2) is 30.6 Å². The van der Waals surface area contributed by atoms with Crippen LogP contribution in [0.5, 0.6) is 0 Å². The molecule has 1 aliphatic heterocycles. The standard InChI is InChI=1S/C16H23FN2/c17-14-6-3-12(4-7-14)16-13(5-8-15(16)18)11-19-9-1-2-10-19/h3-4,6-7,13,15-16H,1-2,5,8-11,18H2. The fourth-order valence-corrected chi connectivity index (χ4v) is 3.82. The molecule has 0 amide bonds. The first-order valence-electron chi connectivity index (χ1n) is 7.47. The first-order valence-corrected chi connectivity index (χ1v) is 7.47. The molecule has 104 valence electrons. The maximum atomic E-state index is 13.1. The summed E-state index contributed by atoms with van der Waals surface area (Å²) >= 11 is 0. The summed E-state index contributed by atoms with van der Waals surface area (Å²) in [4.78, 5) is 2.57. The first kappa shape index (κ1) is 13.1. The molecule has 0 radical (unpaired) electrons. The number of hydrogen-bond acceptors (Lipinski definition) is 2. The van der Waals surface area contributed by atoms with Crippen molar-refractivity contribution in [3.05, 3.63) is 35.6 Å². The molecule has 3 rings (SSSR count). The molecule has 1 saturated heterocycles. The number of nitrogens with two attached hydrogens (primary N) is 1. The molecule has 2 aliphatic rings. The number of benzene rings is 1. The van der Waals surface area contributed by atoms with E-state index in [2.05, 4.69) is 4.90 Å². The summed E-state index contributed by atoms with van der Waals surface area (Å²) in [6, 6.07) is 7.20. The van der Waals surface area contributed by atoms with Gasteiger partial charge in [0.1, 0.15) is 5.82 Å².